The van der Waals surface area contributed by atoms with Gasteiger partial charge in [0.1, 0.15) is 0 Å². The van der Waals surface area contributed by atoms with E-state index in [1.54, 1.807) is 4.68 Å². The molecular weight excluding hydrogens is 216 g/mol. The molecule has 1 atom stereocenters. The highest BCUT2D eigenvalue weighted by molar-refractivity contribution is 5.87. The Bertz CT molecular complexity index is 412. The lowest BCUT2D eigenvalue weighted by molar-refractivity contribution is -0.117. The predicted molar refractivity (Wildman–Crippen MR) is 66.8 cm³/mol. The van der Waals surface area contributed by atoms with Gasteiger partial charge >= 0.3 is 0 Å². The first kappa shape index (κ1) is 11.7. The molecule has 1 N–H and O–H groups in total. The topological polar surface area (TPSA) is 50.2 Å². The Labute approximate surface area is 101 Å². The van der Waals surface area contributed by atoms with Gasteiger partial charge in [-0.25, -0.2) is 0 Å². The summed E-state index contributed by atoms with van der Waals surface area (Å²) in [5.74, 6) is -0.0944. The second-order valence-corrected chi connectivity index (χ2v) is 4.37. The van der Waals surface area contributed by atoms with E-state index in [4.69, 9.17) is 0 Å². The maximum absolute atomic E-state index is 11.3. The number of hydrogen-bond donors (Lipinski definition) is 1. The number of carbonyl (C=O) groups excluding carboxylic acids is 1. The summed E-state index contributed by atoms with van der Waals surface area (Å²) in [6.07, 6.45) is 7.28. The van der Waals surface area contributed by atoms with E-state index >= 15 is 0 Å². The second kappa shape index (κ2) is 5.03. The highest BCUT2D eigenvalue weighted by Gasteiger charge is 2.21. The highest BCUT2D eigenvalue weighted by Crippen LogP contribution is 2.18. The van der Waals surface area contributed by atoms with Crippen molar-refractivity contribution in [2.45, 2.75) is 18.9 Å². The van der Waals surface area contributed by atoms with Gasteiger partial charge in [-0.1, -0.05) is 6.58 Å². The number of aryl methyl sites for hydroxylation is 1. The Kier molecular flexibility index (Phi) is 3.46. The van der Waals surface area contributed by atoms with Crippen LogP contribution in [0.15, 0.2) is 25.0 Å². The molecule has 0 aromatic carbocycles. The molecule has 1 aromatic rings. The Balaban J connectivity index is 1.97. The van der Waals surface area contributed by atoms with Crippen molar-refractivity contribution in [2.75, 3.05) is 18.0 Å². The molecule has 1 saturated heterocycles. The van der Waals surface area contributed by atoms with Gasteiger partial charge in [-0.05, 0) is 18.9 Å². The highest BCUT2D eigenvalue weighted by atomic mass is 16.1. The zero-order chi connectivity index (χ0) is 12.3. The minimum atomic E-state index is -0.0944. The molecule has 17 heavy (non-hydrogen) atoms. The van der Waals surface area contributed by atoms with Gasteiger partial charge in [0, 0.05) is 32.4 Å². The van der Waals surface area contributed by atoms with Crippen LogP contribution in [0.25, 0.3) is 0 Å². The van der Waals surface area contributed by atoms with Crippen LogP contribution in [0.5, 0.6) is 0 Å². The quantitative estimate of drug-likeness (QED) is 0.783. The first-order valence-electron chi connectivity index (χ1n) is 5.85. The standard InChI is InChI=1S/C12H18N4O/c1-3-12(17)14-10-5-4-6-16(8-10)11-7-13-15(2)9-11/h3,7,9-10H,1,4-6,8H2,2H3,(H,14,17). The third-order valence-corrected chi connectivity index (χ3v) is 3.01. The average molecular weight is 234 g/mol. The molecule has 1 aliphatic heterocycles. The van der Waals surface area contributed by atoms with Crippen LogP contribution in [0.2, 0.25) is 0 Å². The van der Waals surface area contributed by atoms with Crippen LogP contribution < -0.4 is 10.2 Å². The second-order valence-electron chi connectivity index (χ2n) is 4.37. The molecule has 1 aliphatic rings. The number of nitrogens with zero attached hydrogens (tertiary/aromatic N) is 3. The fourth-order valence-electron chi connectivity index (χ4n) is 2.16. The number of hydrogen-bond acceptors (Lipinski definition) is 3. The zero-order valence-electron chi connectivity index (χ0n) is 10.1. The van der Waals surface area contributed by atoms with E-state index in [9.17, 15) is 4.79 Å². The monoisotopic (exact) mass is 234 g/mol. The molecule has 92 valence electrons. The summed E-state index contributed by atoms with van der Waals surface area (Å²) in [7, 11) is 1.91. The molecule has 2 rings (SSSR count). The predicted octanol–water partition coefficient (Wildman–Crippen LogP) is 0.691. The lowest BCUT2D eigenvalue weighted by Gasteiger charge is -2.33. The lowest BCUT2D eigenvalue weighted by atomic mass is 10.1. The van der Waals surface area contributed by atoms with E-state index in [-0.39, 0.29) is 11.9 Å². The Hall–Kier alpha value is -1.78. The van der Waals surface area contributed by atoms with Gasteiger partial charge in [-0.2, -0.15) is 5.10 Å². The third-order valence-electron chi connectivity index (χ3n) is 3.01. The maximum Gasteiger partial charge on any atom is 0.243 e. The largest absolute Gasteiger partial charge is 0.367 e. The van der Waals surface area contributed by atoms with Crippen LogP contribution in [0.4, 0.5) is 5.69 Å². The number of anilines is 1. The van der Waals surface area contributed by atoms with Crippen molar-refractivity contribution in [1.29, 1.82) is 0 Å². The molecular formula is C12H18N4O. The number of nitrogens with one attached hydrogen (secondary N) is 1. The van der Waals surface area contributed by atoms with E-state index < -0.39 is 0 Å². The summed E-state index contributed by atoms with van der Waals surface area (Å²) in [6.45, 7) is 5.33. The molecule has 1 aromatic heterocycles. The van der Waals surface area contributed by atoms with Gasteiger partial charge in [0.15, 0.2) is 0 Å². The molecule has 5 nitrogen and oxygen atoms in total. The molecule has 1 unspecified atom stereocenters. The van der Waals surface area contributed by atoms with Gasteiger partial charge in [0.2, 0.25) is 5.91 Å². The van der Waals surface area contributed by atoms with Crippen molar-refractivity contribution < 1.29 is 4.79 Å². The average Bonchev–Trinajstić information content (AvgIpc) is 2.76. The summed E-state index contributed by atoms with van der Waals surface area (Å²) >= 11 is 0. The molecule has 0 aliphatic carbocycles. The third kappa shape index (κ3) is 2.87. The summed E-state index contributed by atoms with van der Waals surface area (Å²) in [6, 6.07) is 0.203. The molecule has 2 heterocycles. The van der Waals surface area contributed by atoms with E-state index in [0.29, 0.717) is 0 Å². The van der Waals surface area contributed by atoms with Crippen LogP contribution in [0, 0.1) is 0 Å². The van der Waals surface area contributed by atoms with Gasteiger partial charge < -0.3 is 10.2 Å². The first-order valence-corrected chi connectivity index (χ1v) is 5.85. The van der Waals surface area contributed by atoms with E-state index in [1.165, 1.54) is 6.08 Å². The molecule has 0 spiro atoms. The molecule has 0 bridgehead atoms. The van der Waals surface area contributed by atoms with Crippen LogP contribution in [-0.2, 0) is 11.8 Å². The maximum atomic E-state index is 11.3. The Morgan fingerprint density at radius 3 is 3.18 bits per heavy atom. The van der Waals surface area contributed by atoms with Crippen LogP contribution in [-0.4, -0.2) is 34.8 Å². The Morgan fingerprint density at radius 2 is 2.53 bits per heavy atom. The van der Waals surface area contributed by atoms with E-state index in [2.05, 4.69) is 21.9 Å². The van der Waals surface area contributed by atoms with E-state index in [0.717, 1.165) is 31.6 Å². The van der Waals surface area contributed by atoms with Crippen molar-refractivity contribution in [2.24, 2.45) is 7.05 Å². The molecule has 5 heteroatoms. The normalized spacial score (nSPS) is 20.1. The minimum absolute atomic E-state index is 0.0944. The molecule has 1 fully saturated rings. The lowest BCUT2D eigenvalue weighted by Crippen LogP contribution is -2.47. The number of carbonyl (C=O) groups is 1. The summed E-state index contributed by atoms with van der Waals surface area (Å²) in [4.78, 5) is 13.5. The van der Waals surface area contributed by atoms with Crippen molar-refractivity contribution in [1.82, 2.24) is 15.1 Å². The van der Waals surface area contributed by atoms with Crippen LogP contribution in [0.1, 0.15) is 12.8 Å². The van der Waals surface area contributed by atoms with Crippen molar-refractivity contribution in [3.63, 3.8) is 0 Å². The minimum Gasteiger partial charge on any atom is -0.367 e. The fourth-order valence-corrected chi connectivity index (χ4v) is 2.16. The van der Waals surface area contributed by atoms with Crippen molar-refractivity contribution in [3.05, 3.63) is 25.0 Å². The molecule has 1 amide bonds. The van der Waals surface area contributed by atoms with E-state index in [1.807, 2.05) is 19.4 Å². The number of piperidine rings is 1. The first-order chi connectivity index (χ1) is 8.19. The van der Waals surface area contributed by atoms with Gasteiger partial charge in [-0.15, -0.1) is 0 Å². The molecule has 0 radical (unpaired) electrons. The van der Waals surface area contributed by atoms with Crippen molar-refractivity contribution in [3.8, 4) is 0 Å². The van der Waals surface area contributed by atoms with Gasteiger partial charge in [0.25, 0.3) is 0 Å². The van der Waals surface area contributed by atoms with Crippen LogP contribution in [0.3, 0.4) is 0 Å². The Morgan fingerprint density at radius 1 is 1.71 bits per heavy atom. The van der Waals surface area contributed by atoms with Gasteiger partial charge in [-0.3, -0.25) is 9.48 Å². The van der Waals surface area contributed by atoms with Gasteiger partial charge in [0.05, 0.1) is 11.9 Å². The smallest absolute Gasteiger partial charge is 0.243 e. The summed E-state index contributed by atoms with van der Waals surface area (Å²) in [5, 5.41) is 7.11. The van der Waals surface area contributed by atoms with Crippen molar-refractivity contribution >= 4 is 11.6 Å². The summed E-state index contributed by atoms with van der Waals surface area (Å²) in [5.41, 5.74) is 1.12. The zero-order valence-corrected chi connectivity index (χ0v) is 10.1. The summed E-state index contributed by atoms with van der Waals surface area (Å²) < 4.78 is 1.79. The fraction of sp³-hybridized carbons (Fsp3) is 0.500. The number of aromatic nitrogens is 2. The molecule has 0 saturated carbocycles. The number of amides is 1. The SMILES string of the molecule is C=CC(=O)NC1CCCN(c2cnn(C)c2)C1. The number of rotatable bonds is 3. The van der Waals surface area contributed by atoms with Crippen LogP contribution >= 0.6 is 0 Å².